The number of pyridine rings is 1. The molecule has 4 rings (SSSR count). The van der Waals surface area contributed by atoms with Gasteiger partial charge in [-0.3, -0.25) is 0 Å². The Labute approximate surface area is 135 Å². The Kier molecular flexibility index (Phi) is 3.04. The first-order valence-corrected chi connectivity index (χ1v) is 8.56. The summed E-state index contributed by atoms with van der Waals surface area (Å²) in [6.45, 7) is 0.711. The minimum atomic E-state index is -2.56. The number of aromatic nitrogens is 3. The number of anilines is 1. The number of hydrogen-bond donors (Lipinski definition) is 0. The molecule has 2 aliphatic rings. The number of thioether (sulfide) groups is 1. The van der Waals surface area contributed by atoms with Gasteiger partial charge in [0.1, 0.15) is 11.0 Å². The first kappa shape index (κ1) is 14.4. The highest BCUT2D eigenvalue weighted by atomic mass is 35.5. The van der Waals surface area contributed by atoms with Crippen LogP contribution in [0.2, 0.25) is 5.15 Å². The van der Waals surface area contributed by atoms with Crippen LogP contribution in [-0.2, 0) is 0 Å². The summed E-state index contributed by atoms with van der Waals surface area (Å²) in [6, 6.07) is 1.68. The second-order valence-electron chi connectivity index (χ2n) is 5.89. The summed E-state index contributed by atoms with van der Waals surface area (Å²) in [5, 5.41) is 1.73. The van der Waals surface area contributed by atoms with E-state index in [1.807, 2.05) is 11.2 Å². The Hall–Kier alpha value is -1.21. The SMILES string of the molecule is CSc1ncc2c(N3CCC34CC(F)(F)C4)nc(Cl)cc2n1. The van der Waals surface area contributed by atoms with E-state index in [-0.39, 0.29) is 12.8 Å². The lowest BCUT2D eigenvalue weighted by atomic mass is 9.65. The predicted molar refractivity (Wildman–Crippen MR) is 83.0 cm³/mol. The fourth-order valence-corrected chi connectivity index (χ4v) is 3.95. The minimum absolute atomic E-state index is 0.112. The van der Waals surface area contributed by atoms with Crippen LogP contribution in [0.4, 0.5) is 14.6 Å². The van der Waals surface area contributed by atoms with Crippen molar-refractivity contribution in [3.05, 3.63) is 17.4 Å². The smallest absolute Gasteiger partial charge is 0.252 e. The van der Waals surface area contributed by atoms with Gasteiger partial charge in [-0.2, -0.15) is 0 Å². The van der Waals surface area contributed by atoms with E-state index in [4.69, 9.17) is 11.6 Å². The molecule has 0 atom stereocenters. The molecule has 1 saturated heterocycles. The molecule has 2 aromatic rings. The molecule has 0 amide bonds. The topological polar surface area (TPSA) is 41.9 Å². The second kappa shape index (κ2) is 4.64. The van der Waals surface area contributed by atoms with Crippen LogP contribution in [0.5, 0.6) is 0 Å². The van der Waals surface area contributed by atoms with Crippen molar-refractivity contribution in [1.29, 1.82) is 0 Å². The fourth-order valence-electron chi connectivity index (χ4n) is 3.42. The van der Waals surface area contributed by atoms with Crippen LogP contribution in [0.25, 0.3) is 10.9 Å². The predicted octanol–water partition coefficient (Wildman–Crippen LogP) is 3.78. The molecule has 0 aromatic carbocycles. The summed E-state index contributed by atoms with van der Waals surface area (Å²) in [4.78, 5) is 15.0. The van der Waals surface area contributed by atoms with Gasteiger partial charge in [0, 0.05) is 31.6 Å². The number of hydrogen-bond acceptors (Lipinski definition) is 5. The van der Waals surface area contributed by atoms with Gasteiger partial charge >= 0.3 is 0 Å². The van der Waals surface area contributed by atoms with E-state index in [2.05, 4.69) is 15.0 Å². The Morgan fingerprint density at radius 2 is 2.09 bits per heavy atom. The van der Waals surface area contributed by atoms with Gasteiger partial charge in [0.2, 0.25) is 0 Å². The lowest BCUT2D eigenvalue weighted by molar-refractivity contribution is -0.140. The van der Waals surface area contributed by atoms with Crippen LogP contribution in [-0.4, -0.2) is 39.2 Å². The van der Waals surface area contributed by atoms with Crippen molar-refractivity contribution in [2.75, 3.05) is 17.7 Å². The Balaban J connectivity index is 1.79. The van der Waals surface area contributed by atoms with E-state index in [0.717, 1.165) is 11.8 Å². The van der Waals surface area contributed by atoms with Gasteiger partial charge in [-0.1, -0.05) is 23.4 Å². The third-order valence-corrected chi connectivity index (χ3v) is 5.25. The molecule has 0 bridgehead atoms. The largest absolute Gasteiger partial charge is 0.350 e. The third kappa shape index (κ3) is 2.06. The monoisotopic (exact) mass is 342 g/mol. The zero-order valence-corrected chi connectivity index (χ0v) is 13.4. The Bertz CT molecular complexity index is 762. The minimum Gasteiger partial charge on any atom is -0.350 e. The molecule has 1 aliphatic heterocycles. The lowest BCUT2D eigenvalue weighted by Crippen LogP contribution is -2.70. The van der Waals surface area contributed by atoms with Gasteiger partial charge in [0.05, 0.1) is 16.4 Å². The number of nitrogens with zero attached hydrogens (tertiary/aromatic N) is 4. The molecule has 0 N–H and O–H groups in total. The van der Waals surface area contributed by atoms with E-state index >= 15 is 0 Å². The average Bonchev–Trinajstić information content (AvgIpc) is 2.42. The van der Waals surface area contributed by atoms with Gasteiger partial charge in [0.25, 0.3) is 5.92 Å². The zero-order chi connectivity index (χ0) is 15.5. The molecule has 1 spiro atoms. The summed E-state index contributed by atoms with van der Waals surface area (Å²) in [5.41, 5.74) is 0.231. The van der Waals surface area contributed by atoms with Crippen LogP contribution >= 0.6 is 23.4 Å². The summed E-state index contributed by atoms with van der Waals surface area (Å²) in [5.74, 6) is -1.94. The molecule has 1 aliphatic carbocycles. The fraction of sp³-hybridized carbons (Fsp3) is 0.500. The molecule has 4 nitrogen and oxygen atoms in total. The van der Waals surface area contributed by atoms with Crippen LogP contribution in [0.1, 0.15) is 19.3 Å². The van der Waals surface area contributed by atoms with Crippen molar-refractivity contribution >= 4 is 40.1 Å². The van der Waals surface area contributed by atoms with Gasteiger partial charge in [-0.15, -0.1) is 0 Å². The lowest BCUT2D eigenvalue weighted by Gasteiger charge is -2.61. The summed E-state index contributed by atoms with van der Waals surface area (Å²) >= 11 is 7.54. The van der Waals surface area contributed by atoms with Crippen molar-refractivity contribution < 1.29 is 8.78 Å². The first-order valence-electron chi connectivity index (χ1n) is 6.95. The van der Waals surface area contributed by atoms with E-state index in [9.17, 15) is 8.78 Å². The molecule has 3 heterocycles. The average molecular weight is 343 g/mol. The van der Waals surface area contributed by atoms with E-state index in [1.165, 1.54) is 11.8 Å². The van der Waals surface area contributed by atoms with Gasteiger partial charge in [-0.25, -0.2) is 23.7 Å². The van der Waals surface area contributed by atoms with Crippen LogP contribution in [0, 0.1) is 0 Å². The number of rotatable bonds is 2. The van der Waals surface area contributed by atoms with Crippen molar-refractivity contribution in [3.8, 4) is 0 Å². The van der Waals surface area contributed by atoms with Crippen LogP contribution < -0.4 is 4.90 Å². The highest BCUT2D eigenvalue weighted by molar-refractivity contribution is 7.98. The standard InChI is InChI=1S/C14H13ClF2N4S/c1-22-12-18-5-8-9(19-12)4-10(15)20-11(8)21-3-2-13(21)6-14(16,17)7-13/h4-5H,2-3,6-7H2,1H3. The second-order valence-corrected chi connectivity index (χ2v) is 7.05. The molecule has 1 saturated carbocycles. The molecule has 8 heteroatoms. The van der Waals surface area contributed by atoms with Crippen molar-refractivity contribution in [2.24, 2.45) is 0 Å². The van der Waals surface area contributed by atoms with E-state index < -0.39 is 11.5 Å². The van der Waals surface area contributed by atoms with Crippen molar-refractivity contribution in [1.82, 2.24) is 15.0 Å². The molecular weight excluding hydrogens is 330 g/mol. The van der Waals surface area contributed by atoms with E-state index in [1.54, 1.807) is 12.3 Å². The molecule has 116 valence electrons. The van der Waals surface area contributed by atoms with Crippen LogP contribution in [0.3, 0.4) is 0 Å². The van der Waals surface area contributed by atoms with Gasteiger partial charge < -0.3 is 4.90 Å². The van der Waals surface area contributed by atoms with Crippen molar-refractivity contribution in [2.45, 2.75) is 35.9 Å². The van der Waals surface area contributed by atoms with Crippen molar-refractivity contribution in [3.63, 3.8) is 0 Å². The quantitative estimate of drug-likeness (QED) is 0.472. The normalized spacial score (nSPS) is 21.7. The summed E-state index contributed by atoms with van der Waals surface area (Å²) < 4.78 is 26.7. The number of fused-ring (bicyclic) bond motifs is 1. The summed E-state index contributed by atoms with van der Waals surface area (Å²) in [6.07, 6.45) is 4.14. The Morgan fingerprint density at radius 3 is 2.68 bits per heavy atom. The summed E-state index contributed by atoms with van der Waals surface area (Å²) in [7, 11) is 0. The Morgan fingerprint density at radius 1 is 1.32 bits per heavy atom. The molecule has 2 fully saturated rings. The number of alkyl halides is 2. The highest BCUT2D eigenvalue weighted by Gasteiger charge is 2.63. The van der Waals surface area contributed by atoms with Gasteiger partial charge in [0.15, 0.2) is 5.16 Å². The zero-order valence-electron chi connectivity index (χ0n) is 11.8. The maximum Gasteiger partial charge on any atom is 0.252 e. The molecule has 0 unspecified atom stereocenters. The molecule has 2 aromatic heterocycles. The highest BCUT2D eigenvalue weighted by Crippen LogP contribution is 2.57. The molecule has 22 heavy (non-hydrogen) atoms. The molecular formula is C14H13ClF2N4S. The molecule has 0 radical (unpaired) electrons. The van der Waals surface area contributed by atoms with Crippen LogP contribution in [0.15, 0.2) is 17.4 Å². The maximum atomic E-state index is 13.3. The van der Waals surface area contributed by atoms with E-state index in [0.29, 0.717) is 28.2 Å². The van der Waals surface area contributed by atoms with Gasteiger partial charge in [-0.05, 0) is 12.7 Å². The third-order valence-electron chi connectivity index (χ3n) is 4.49. The first-order chi connectivity index (χ1) is 10.4. The maximum absolute atomic E-state index is 13.3. The number of halogens is 3.